The molecule has 1 aliphatic rings. The number of carbonyl (C=O) groups excluding carboxylic acids is 2. The average molecular weight is 469 g/mol. The van der Waals surface area contributed by atoms with Gasteiger partial charge in [-0.25, -0.2) is 0 Å². The number of aliphatic hydroxyl groups excluding tert-OH is 1. The molecule has 0 saturated carbocycles. The topological polar surface area (TPSA) is 79.7 Å². The van der Waals surface area contributed by atoms with E-state index in [1.54, 1.807) is 60.8 Å². The van der Waals surface area contributed by atoms with Crippen LogP contribution in [-0.4, -0.2) is 33.8 Å². The minimum absolute atomic E-state index is 0.0663. The lowest BCUT2D eigenvalue weighted by molar-refractivity contribution is -0.140. The Hall–Kier alpha value is -3.35. The Morgan fingerprint density at radius 3 is 2.50 bits per heavy atom. The van der Waals surface area contributed by atoms with Crippen molar-refractivity contribution >= 4 is 40.7 Å². The number of aliphatic hydroxyl groups is 1. The second kappa shape index (κ2) is 9.02. The molecule has 1 aromatic heterocycles. The summed E-state index contributed by atoms with van der Waals surface area (Å²) >= 11 is 12.3. The van der Waals surface area contributed by atoms with Crippen molar-refractivity contribution in [3.8, 4) is 5.75 Å². The first-order valence-corrected chi connectivity index (χ1v) is 10.4. The Balaban J connectivity index is 1.89. The van der Waals surface area contributed by atoms with Crippen molar-refractivity contribution < 1.29 is 19.4 Å². The minimum Gasteiger partial charge on any atom is -0.507 e. The van der Waals surface area contributed by atoms with E-state index in [0.717, 1.165) is 0 Å². The van der Waals surface area contributed by atoms with E-state index in [9.17, 15) is 14.7 Å². The van der Waals surface area contributed by atoms with E-state index < -0.39 is 17.7 Å². The maximum Gasteiger partial charge on any atom is 0.296 e. The molecule has 8 heteroatoms. The van der Waals surface area contributed by atoms with Crippen LogP contribution in [0.25, 0.3) is 5.76 Å². The molecule has 0 radical (unpaired) electrons. The molecule has 1 saturated heterocycles. The molecule has 2 heterocycles. The largest absolute Gasteiger partial charge is 0.507 e. The van der Waals surface area contributed by atoms with Gasteiger partial charge in [0, 0.05) is 16.8 Å². The summed E-state index contributed by atoms with van der Waals surface area (Å²) in [6, 6.07) is 15.9. The van der Waals surface area contributed by atoms with Gasteiger partial charge in [0.05, 0.1) is 36.0 Å². The van der Waals surface area contributed by atoms with Crippen LogP contribution in [0.5, 0.6) is 5.75 Å². The van der Waals surface area contributed by atoms with Crippen LogP contribution < -0.4 is 4.74 Å². The van der Waals surface area contributed by atoms with Gasteiger partial charge in [0.25, 0.3) is 11.7 Å². The molecule has 1 amide bonds. The monoisotopic (exact) mass is 468 g/mol. The molecule has 162 valence electrons. The van der Waals surface area contributed by atoms with Gasteiger partial charge in [0.15, 0.2) is 0 Å². The zero-order valence-corrected chi connectivity index (χ0v) is 18.5. The van der Waals surface area contributed by atoms with Crippen LogP contribution in [0.3, 0.4) is 0 Å². The summed E-state index contributed by atoms with van der Waals surface area (Å²) in [5, 5.41) is 11.9. The van der Waals surface area contributed by atoms with E-state index >= 15 is 0 Å². The normalized spacial score (nSPS) is 17.6. The van der Waals surface area contributed by atoms with Gasteiger partial charge in [0.2, 0.25) is 0 Å². The van der Waals surface area contributed by atoms with Crippen molar-refractivity contribution in [1.29, 1.82) is 0 Å². The molecule has 0 bridgehead atoms. The molecular weight excluding hydrogens is 451 g/mol. The number of ether oxygens (including phenoxy) is 1. The highest BCUT2D eigenvalue weighted by Crippen LogP contribution is 2.41. The molecule has 0 aliphatic carbocycles. The molecule has 32 heavy (non-hydrogen) atoms. The van der Waals surface area contributed by atoms with Gasteiger partial charge in [-0.3, -0.25) is 14.6 Å². The van der Waals surface area contributed by atoms with E-state index in [-0.39, 0.29) is 28.5 Å². The molecule has 3 aromatic rings. The predicted molar refractivity (Wildman–Crippen MR) is 122 cm³/mol. The van der Waals surface area contributed by atoms with E-state index in [1.165, 1.54) is 18.1 Å². The molecule has 1 unspecified atom stereocenters. The first kappa shape index (κ1) is 21.9. The number of likely N-dealkylation sites (tertiary alicyclic amines) is 1. The first-order valence-electron chi connectivity index (χ1n) is 9.68. The van der Waals surface area contributed by atoms with Crippen LogP contribution >= 0.6 is 23.2 Å². The van der Waals surface area contributed by atoms with Crippen LogP contribution in [0.4, 0.5) is 0 Å². The van der Waals surface area contributed by atoms with Gasteiger partial charge in [-0.1, -0.05) is 41.4 Å². The van der Waals surface area contributed by atoms with Crippen LogP contribution in [0, 0.1) is 0 Å². The number of ketones is 1. The molecule has 1 atom stereocenters. The molecule has 4 rings (SSSR count). The number of hydrogen-bond acceptors (Lipinski definition) is 5. The van der Waals surface area contributed by atoms with Crippen molar-refractivity contribution in [2.24, 2.45) is 0 Å². The molecular formula is C24H18Cl2N2O4. The minimum atomic E-state index is -0.850. The maximum absolute atomic E-state index is 13.1. The number of Topliss-reactive ketones (excluding diaryl/α,β-unsaturated/α-hetero) is 1. The van der Waals surface area contributed by atoms with Crippen molar-refractivity contribution in [1.82, 2.24) is 9.88 Å². The smallest absolute Gasteiger partial charge is 0.296 e. The highest BCUT2D eigenvalue weighted by atomic mass is 35.5. The Morgan fingerprint density at radius 1 is 1.09 bits per heavy atom. The Morgan fingerprint density at radius 2 is 1.84 bits per heavy atom. The predicted octanol–water partition coefficient (Wildman–Crippen LogP) is 5.02. The first-order chi connectivity index (χ1) is 15.4. The fourth-order valence-corrected chi connectivity index (χ4v) is 3.99. The number of benzene rings is 2. The van der Waals surface area contributed by atoms with Crippen molar-refractivity contribution in [3.63, 3.8) is 0 Å². The highest BCUT2D eigenvalue weighted by Gasteiger charge is 2.46. The summed E-state index contributed by atoms with van der Waals surface area (Å²) in [6.45, 7) is 0.0847. The number of nitrogens with zero attached hydrogens (tertiary/aromatic N) is 2. The van der Waals surface area contributed by atoms with Crippen LogP contribution in [0.1, 0.15) is 22.9 Å². The Labute approximate surface area is 194 Å². The van der Waals surface area contributed by atoms with Crippen LogP contribution in [-0.2, 0) is 16.1 Å². The van der Waals surface area contributed by atoms with Gasteiger partial charge >= 0.3 is 0 Å². The van der Waals surface area contributed by atoms with Crippen LogP contribution in [0.15, 0.2) is 72.4 Å². The van der Waals surface area contributed by atoms with E-state index in [0.29, 0.717) is 22.0 Å². The summed E-state index contributed by atoms with van der Waals surface area (Å²) < 4.78 is 5.22. The van der Waals surface area contributed by atoms with Crippen LogP contribution in [0.2, 0.25) is 10.0 Å². The molecule has 1 N–H and O–H groups in total. The number of carbonyl (C=O) groups is 2. The lowest BCUT2D eigenvalue weighted by Gasteiger charge is -2.25. The second-order valence-electron chi connectivity index (χ2n) is 7.15. The number of hydrogen-bond donors (Lipinski definition) is 1. The van der Waals surface area contributed by atoms with E-state index in [2.05, 4.69) is 4.98 Å². The van der Waals surface area contributed by atoms with Gasteiger partial charge in [-0.15, -0.1) is 0 Å². The summed E-state index contributed by atoms with van der Waals surface area (Å²) in [7, 11) is 1.48. The molecule has 6 nitrogen and oxygen atoms in total. The van der Waals surface area contributed by atoms with Gasteiger partial charge < -0.3 is 14.7 Å². The lowest BCUT2D eigenvalue weighted by Crippen LogP contribution is -2.29. The standard InChI is InChI=1S/C24H18Cl2N2O4/c1-32-17-9-10-19(26)18(12-17)22(29)20-21(14-5-7-15(25)8-6-14)28(24(31)23(20)30)13-16-4-2-3-11-27-16/h2-12,21,29H,13H2,1H3/b22-20+. The van der Waals surface area contributed by atoms with E-state index in [4.69, 9.17) is 27.9 Å². The van der Waals surface area contributed by atoms with E-state index in [1.807, 2.05) is 0 Å². The third-order valence-corrected chi connectivity index (χ3v) is 5.79. The molecule has 1 aliphatic heterocycles. The zero-order valence-electron chi connectivity index (χ0n) is 17.0. The third kappa shape index (κ3) is 4.07. The Bertz CT molecular complexity index is 1210. The van der Waals surface area contributed by atoms with Gasteiger partial charge in [-0.2, -0.15) is 0 Å². The zero-order chi connectivity index (χ0) is 22.8. The maximum atomic E-state index is 13.1. The molecule has 2 aromatic carbocycles. The summed E-state index contributed by atoms with van der Waals surface area (Å²) in [5.41, 5.74) is 1.35. The number of methoxy groups -OCH3 is 1. The van der Waals surface area contributed by atoms with Gasteiger partial charge in [-0.05, 0) is 48.0 Å². The third-order valence-electron chi connectivity index (χ3n) is 5.21. The number of aromatic nitrogens is 1. The van der Waals surface area contributed by atoms with Gasteiger partial charge in [0.1, 0.15) is 11.5 Å². The molecule has 1 fully saturated rings. The molecule has 0 spiro atoms. The number of halogens is 2. The summed E-state index contributed by atoms with van der Waals surface area (Å²) in [5.74, 6) is -1.48. The highest BCUT2D eigenvalue weighted by molar-refractivity contribution is 6.47. The van der Waals surface area contributed by atoms with Crippen molar-refractivity contribution in [3.05, 3.63) is 99.3 Å². The fraction of sp³-hybridized carbons (Fsp3) is 0.125. The number of rotatable bonds is 5. The quantitative estimate of drug-likeness (QED) is 0.323. The SMILES string of the molecule is COc1ccc(Cl)c(/C(O)=C2\C(=O)C(=O)N(Cc3ccccn3)C2c2ccc(Cl)cc2)c1. The average Bonchev–Trinajstić information content (AvgIpc) is 3.05. The second-order valence-corrected chi connectivity index (χ2v) is 7.99. The lowest BCUT2D eigenvalue weighted by atomic mass is 9.95. The number of pyridine rings is 1. The summed E-state index contributed by atoms with van der Waals surface area (Å²) in [4.78, 5) is 31.8. The summed E-state index contributed by atoms with van der Waals surface area (Å²) in [6.07, 6.45) is 1.61. The van der Waals surface area contributed by atoms with Crippen molar-refractivity contribution in [2.75, 3.05) is 7.11 Å². The van der Waals surface area contributed by atoms with Crippen molar-refractivity contribution in [2.45, 2.75) is 12.6 Å². The number of amides is 1. The fourth-order valence-electron chi connectivity index (χ4n) is 3.66. The Kier molecular flexibility index (Phi) is 6.17.